The molecule has 3 rings (SSSR count). The Bertz CT molecular complexity index is 685. The van der Waals surface area contributed by atoms with Crippen molar-refractivity contribution in [3.8, 4) is 0 Å². The number of aromatic nitrogens is 3. The van der Waals surface area contributed by atoms with Crippen LogP contribution < -0.4 is 10.2 Å². The maximum absolute atomic E-state index is 11.6. The highest BCUT2D eigenvalue weighted by molar-refractivity contribution is 5.99. The van der Waals surface area contributed by atoms with Gasteiger partial charge in [-0.1, -0.05) is 6.58 Å². The average Bonchev–Trinajstić information content (AvgIpc) is 2.84. The summed E-state index contributed by atoms with van der Waals surface area (Å²) in [5.41, 5.74) is 1.56. The van der Waals surface area contributed by atoms with Crippen molar-refractivity contribution >= 4 is 23.2 Å². The van der Waals surface area contributed by atoms with E-state index in [2.05, 4.69) is 26.8 Å². The van der Waals surface area contributed by atoms with Crippen LogP contribution in [0, 0.1) is 6.92 Å². The lowest BCUT2D eigenvalue weighted by molar-refractivity contribution is -0.111. The van der Waals surface area contributed by atoms with Gasteiger partial charge in [0.2, 0.25) is 5.91 Å². The summed E-state index contributed by atoms with van der Waals surface area (Å²) in [5.74, 6) is 1.33. The first kappa shape index (κ1) is 13.6. The number of carbonyl (C=O) groups excluding carboxylic acids is 1. The molecule has 1 amide bonds. The van der Waals surface area contributed by atoms with Crippen molar-refractivity contribution in [2.75, 3.05) is 23.3 Å². The molecule has 110 valence electrons. The van der Waals surface area contributed by atoms with E-state index in [9.17, 15) is 4.79 Å². The molecule has 6 nitrogen and oxygen atoms in total. The lowest BCUT2D eigenvalue weighted by Crippen LogP contribution is -2.30. The van der Waals surface area contributed by atoms with E-state index in [0.29, 0.717) is 5.82 Å². The van der Waals surface area contributed by atoms with Crippen molar-refractivity contribution in [2.45, 2.75) is 26.2 Å². The highest BCUT2D eigenvalue weighted by atomic mass is 16.1. The fourth-order valence-electron chi connectivity index (χ4n) is 2.72. The first-order chi connectivity index (χ1) is 10.2. The zero-order valence-electron chi connectivity index (χ0n) is 12.2. The molecule has 0 bridgehead atoms. The molecule has 2 aromatic rings. The number of piperidine rings is 1. The summed E-state index contributed by atoms with van der Waals surface area (Å²) in [6.07, 6.45) is 8.47. The second-order valence-corrected chi connectivity index (χ2v) is 5.23. The van der Waals surface area contributed by atoms with Crippen LogP contribution in [0.5, 0.6) is 0 Å². The third-order valence-corrected chi connectivity index (χ3v) is 3.78. The van der Waals surface area contributed by atoms with E-state index in [1.54, 1.807) is 6.20 Å². The molecule has 1 fully saturated rings. The average molecular weight is 285 g/mol. The SMILES string of the molecule is C=CC(=O)Nc1c(C)nc2c(N3CCCCC3)nccn12. The van der Waals surface area contributed by atoms with E-state index in [1.165, 1.54) is 25.3 Å². The lowest BCUT2D eigenvalue weighted by atomic mass is 10.1. The highest BCUT2D eigenvalue weighted by Gasteiger charge is 2.19. The normalized spacial score (nSPS) is 15.2. The number of fused-ring (bicyclic) bond motifs is 1. The summed E-state index contributed by atoms with van der Waals surface area (Å²) in [6.45, 7) is 7.37. The Kier molecular flexibility index (Phi) is 3.60. The third-order valence-electron chi connectivity index (χ3n) is 3.78. The smallest absolute Gasteiger partial charge is 0.248 e. The van der Waals surface area contributed by atoms with Crippen molar-refractivity contribution in [1.82, 2.24) is 14.4 Å². The molecule has 0 aliphatic carbocycles. The van der Waals surface area contributed by atoms with Gasteiger partial charge in [0.1, 0.15) is 5.82 Å². The minimum atomic E-state index is -0.240. The van der Waals surface area contributed by atoms with Crippen molar-refractivity contribution in [1.29, 1.82) is 0 Å². The Labute approximate surface area is 123 Å². The molecule has 0 atom stereocenters. The van der Waals surface area contributed by atoms with Crippen LogP contribution in [0.4, 0.5) is 11.6 Å². The molecule has 1 aliphatic heterocycles. The summed E-state index contributed by atoms with van der Waals surface area (Å²) >= 11 is 0. The first-order valence-electron chi connectivity index (χ1n) is 7.22. The molecule has 1 aliphatic rings. The van der Waals surface area contributed by atoms with Crippen LogP contribution in [0.2, 0.25) is 0 Å². The molecule has 0 spiro atoms. The van der Waals surface area contributed by atoms with Gasteiger partial charge >= 0.3 is 0 Å². The lowest BCUT2D eigenvalue weighted by Gasteiger charge is -2.27. The minimum Gasteiger partial charge on any atom is -0.354 e. The van der Waals surface area contributed by atoms with Crippen LogP contribution in [-0.2, 0) is 4.79 Å². The fourth-order valence-corrected chi connectivity index (χ4v) is 2.72. The number of hydrogen-bond donors (Lipinski definition) is 1. The van der Waals surface area contributed by atoms with Gasteiger partial charge in [-0.25, -0.2) is 9.97 Å². The number of hydrogen-bond acceptors (Lipinski definition) is 4. The standard InChI is InChI=1S/C15H19N5O/c1-3-12(21)18-13-11(2)17-15-14(16-7-10-20(13)15)19-8-5-4-6-9-19/h3,7,10H,1,4-6,8-9H2,2H3,(H,18,21). The molecule has 1 N–H and O–H groups in total. The van der Waals surface area contributed by atoms with Gasteiger partial charge in [-0.15, -0.1) is 0 Å². The van der Waals surface area contributed by atoms with E-state index >= 15 is 0 Å². The van der Waals surface area contributed by atoms with Gasteiger partial charge in [0.05, 0.1) is 5.69 Å². The van der Waals surface area contributed by atoms with E-state index in [4.69, 9.17) is 0 Å². The topological polar surface area (TPSA) is 62.5 Å². The summed E-state index contributed by atoms with van der Waals surface area (Å²) in [6, 6.07) is 0. The van der Waals surface area contributed by atoms with Crippen molar-refractivity contribution in [3.05, 3.63) is 30.7 Å². The van der Waals surface area contributed by atoms with Crippen molar-refractivity contribution in [3.63, 3.8) is 0 Å². The zero-order chi connectivity index (χ0) is 14.8. The van der Waals surface area contributed by atoms with Crippen LogP contribution in [0.25, 0.3) is 5.65 Å². The second kappa shape index (κ2) is 5.55. The number of carbonyl (C=O) groups is 1. The second-order valence-electron chi connectivity index (χ2n) is 5.23. The van der Waals surface area contributed by atoms with Gasteiger partial charge in [-0.3, -0.25) is 9.20 Å². The number of nitrogens with one attached hydrogen (secondary N) is 1. The van der Waals surface area contributed by atoms with Gasteiger partial charge in [0.25, 0.3) is 0 Å². The van der Waals surface area contributed by atoms with E-state index in [1.807, 2.05) is 17.5 Å². The minimum absolute atomic E-state index is 0.240. The molecule has 6 heteroatoms. The van der Waals surface area contributed by atoms with Gasteiger partial charge < -0.3 is 10.2 Å². The molecule has 1 saturated heterocycles. The van der Waals surface area contributed by atoms with Crippen LogP contribution in [0.15, 0.2) is 25.0 Å². The van der Waals surface area contributed by atoms with Crippen molar-refractivity contribution in [2.24, 2.45) is 0 Å². The quantitative estimate of drug-likeness (QED) is 0.878. The van der Waals surface area contributed by atoms with Gasteiger partial charge in [-0.05, 0) is 32.3 Å². The molecule has 0 unspecified atom stereocenters. The molecule has 21 heavy (non-hydrogen) atoms. The summed E-state index contributed by atoms with van der Waals surface area (Å²) in [5, 5.41) is 2.81. The van der Waals surface area contributed by atoms with Crippen molar-refractivity contribution < 1.29 is 4.79 Å². The maximum atomic E-state index is 11.6. The Hall–Kier alpha value is -2.37. The molecule has 0 radical (unpaired) electrons. The summed E-state index contributed by atoms with van der Waals surface area (Å²) < 4.78 is 1.88. The molecule has 0 aromatic carbocycles. The molecular weight excluding hydrogens is 266 g/mol. The molecular formula is C15H19N5O. The van der Waals surface area contributed by atoms with Crippen LogP contribution in [0.3, 0.4) is 0 Å². The maximum Gasteiger partial charge on any atom is 0.248 e. The monoisotopic (exact) mass is 285 g/mol. The Morgan fingerprint density at radius 3 is 2.86 bits per heavy atom. The predicted octanol–water partition coefficient (Wildman–Crippen LogP) is 2.15. The van der Waals surface area contributed by atoms with Crippen LogP contribution >= 0.6 is 0 Å². The fraction of sp³-hybridized carbons (Fsp3) is 0.400. The number of rotatable bonds is 3. The molecule has 0 saturated carbocycles. The number of anilines is 2. The zero-order valence-corrected chi connectivity index (χ0v) is 12.2. The van der Waals surface area contributed by atoms with Gasteiger partial charge in [0, 0.05) is 25.5 Å². The largest absolute Gasteiger partial charge is 0.354 e. The van der Waals surface area contributed by atoms with Gasteiger partial charge in [-0.2, -0.15) is 0 Å². The number of nitrogens with zero attached hydrogens (tertiary/aromatic N) is 4. The van der Waals surface area contributed by atoms with Crippen LogP contribution in [-0.4, -0.2) is 33.4 Å². The highest BCUT2D eigenvalue weighted by Crippen LogP contribution is 2.26. The Morgan fingerprint density at radius 2 is 2.14 bits per heavy atom. The Morgan fingerprint density at radius 1 is 1.38 bits per heavy atom. The molecule has 3 heterocycles. The van der Waals surface area contributed by atoms with Crippen LogP contribution in [0.1, 0.15) is 25.0 Å². The summed E-state index contributed by atoms with van der Waals surface area (Å²) in [7, 11) is 0. The van der Waals surface area contributed by atoms with E-state index in [-0.39, 0.29) is 5.91 Å². The first-order valence-corrected chi connectivity index (χ1v) is 7.22. The number of imidazole rings is 1. The number of aryl methyl sites for hydroxylation is 1. The predicted molar refractivity (Wildman–Crippen MR) is 82.6 cm³/mol. The number of amides is 1. The third kappa shape index (κ3) is 2.49. The van der Waals surface area contributed by atoms with Gasteiger partial charge in [0.15, 0.2) is 11.5 Å². The molecule has 2 aromatic heterocycles. The van der Waals surface area contributed by atoms with E-state index < -0.39 is 0 Å². The summed E-state index contributed by atoms with van der Waals surface area (Å²) in [4.78, 5) is 22.9. The van der Waals surface area contributed by atoms with E-state index in [0.717, 1.165) is 30.2 Å². The Balaban J connectivity index is 2.05.